The van der Waals surface area contributed by atoms with E-state index < -0.39 is 28.8 Å². The predicted octanol–water partition coefficient (Wildman–Crippen LogP) is 1.31. The van der Waals surface area contributed by atoms with Gasteiger partial charge < -0.3 is 0 Å². The van der Waals surface area contributed by atoms with Crippen molar-refractivity contribution in [2.24, 2.45) is 5.92 Å². The third-order valence-corrected chi connectivity index (χ3v) is 2.51. The number of nitrogens with zero attached hydrogens (tertiary/aromatic N) is 3. The van der Waals surface area contributed by atoms with Gasteiger partial charge in [0.1, 0.15) is 0 Å². The Kier molecular flexibility index (Phi) is 2.96. The van der Waals surface area contributed by atoms with Crippen LogP contribution in [0, 0.1) is 17.2 Å². The molecule has 0 atom stereocenters. The molecule has 1 rings (SSSR count). The van der Waals surface area contributed by atoms with Crippen LogP contribution in [0.5, 0.6) is 0 Å². The van der Waals surface area contributed by atoms with Crippen molar-refractivity contribution in [3.63, 3.8) is 0 Å². The number of nitriles is 1. The second kappa shape index (κ2) is 3.73. The highest BCUT2D eigenvalue weighted by Crippen LogP contribution is 2.33. The fourth-order valence-electron chi connectivity index (χ4n) is 1.92. The van der Waals surface area contributed by atoms with Gasteiger partial charge in [-0.25, -0.2) is 10.0 Å². The molecule has 94 valence electrons. The Morgan fingerprint density at radius 3 is 1.41 bits per heavy atom. The summed E-state index contributed by atoms with van der Waals surface area (Å²) < 4.78 is 0. The summed E-state index contributed by atoms with van der Waals surface area (Å²) >= 11 is 0. The summed E-state index contributed by atoms with van der Waals surface area (Å²) in [5.41, 5.74) is -1.04. The normalized spacial score (nSPS) is 18.9. The summed E-state index contributed by atoms with van der Waals surface area (Å²) in [5, 5.41) is 11.7. The monoisotopic (exact) mass is 237 g/mol. The van der Waals surface area contributed by atoms with E-state index in [0.29, 0.717) is 0 Å². The zero-order valence-corrected chi connectivity index (χ0v) is 11.2. The first-order chi connectivity index (χ1) is 7.51. The van der Waals surface area contributed by atoms with Gasteiger partial charge in [0, 0.05) is 0 Å². The molecule has 0 aromatic rings. The van der Waals surface area contributed by atoms with Crippen LogP contribution in [-0.2, 0) is 9.59 Å². The largest absolute Gasteiger partial charge is 0.271 e. The van der Waals surface area contributed by atoms with E-state index in [-0.39, 0.29) is 0 Å². The molecule has 1 saturated heterocycles. The third-order valence-electron chi connectivity index (χ3n) is 2.51. The number of rotatable bonds is 0. The van der Waals surface area contributed by atoms with Crippen molar-refractivity contribution in [1.82, 2.24) is 10.0 Å². The summed E-state index contributed by atoms with van der Waals surface area (Å²) in [6.45, 7) is 11.1. The third kappa shape index (κ3) is 2.12. The van der Waals surface area contributed by atoms with Gasteiger partial charge in [0.15, 0.2) is 0 Å². The van der Waals surface area contributed by atoms with Crippen LogP contribution in [0.15, 0.2) is 0 Å². The fraction of sp³-hybridized carbons (Fsp3) is 0.750. The Bertz CT molecular complexity index is 363. The summed E-state index contributed by atoms with van der Waals surface area (Å²) in [5.74, 6) is -2.06. The molecule has 0 saturated carbocycles. The Labute approximate surface area is 102 Å². The van der Waals surface area contributed by atoms with Crippen molar-refractivity contribution in [2.75, 3.05) is 0 Å². The molecule has 5 heteroatoms. The van der Waals surface area contributed by atoms with Crippen LogP contribution in [0.25, 0.3) is 0 Å². The quantitative estimate of drug-likeness (QED) is 0.597. The molecule has 0 radical (unpaired) electrons. The molecule has 0 aromatic heterocycles. The highest BCUT2D eigenvalue weighted by Gasteiger charge is 2.53. The molecule has 1 heterocycles. The standard InChI is InChI=1S/C12H19N3O2/c1-11(2,3)14-9(16)8(7-13)10(17)15(14)12(4,5)6/h8H,1-6H3. The second-order valence-electron chi connectivity index (χ2n) is 6.20. The molecule has 5 nitrogen and oxygen atoms in total. The first kappa shape index (κ1) is 13.5. The number of hydrogen-bond acceptors (Lipinski definition) is 3. The van der Waals surface area contributed by atoms with Crippen LogP contribution < -0.4 is 0 Å². The van der Waals surface area contributed by atoms with Crippen LogP contribution in [0.1, 0.15) is 41.5 Å². The molecule has 0 aromatic carbocycles. The van der Waals surface area contributed by atoms with E-state index in [2.05, 4.69) is 0 Å². The van der Waals surface area contributed by atoms with Crippen molar-refractivity contribution in [3.8, 4) is 6.07 Å². The van der Waals surface area contributed by atoms with Gasteiger partial charge in [-0.1, -0.05) is 0 Å². The van der Waals surface area contributed by atoms with Gasteiger partial charge in [-0.05, 0) is 41.5 Å². The molecule has 0 aliphatic carbocycles. The number of carbonyl (C=O) groups is 2. The average molecular weight is 237 g/mol. The molecular formula is C12H19N3O2. The molecule has 1 aliphatic heterocycles. The number of hydrogen-bond donors (Lipinski definition) is 0. The fourth-order valence-corrected chi connectivity index (χ4v) is 1.92. The van der Waals surface area contributed by atoms with E-state index >= 15 is 0 Å². The lowest BCUT2D eigenvalue weighted by molar-refractivity contribution is -0.170. The number of hydrazine groups is 1. The zero-order chi connectivity index (χ0) is 13.6. The lowest BCUT2D eigenvalue weighted by Crippen LogP contribution is -2.58. The lowest BCUT2D eigenvalue weighted by atomic mass is 10.1. The SMILES string of the molecule is CC(C)(C)N1C(=O)C(C#N)C(=O)N1C(C)(C)C. The Balaban J connectivity index is 3.31. The lowest BCUT2D eigenvalue weighted by Gasteiger charge is -2.44. The first-order valence-corrected chi connectivity index (χ1v) is 5.59. The minimum Gasteiger partial charge on any atom is -0.271 e. The number of amides is 2. The van der Waals surface area contributed by atoms with Gasteiger partial charge in [0.2, 0.25) is 5.92 Å². The van der Waals surface area contributed by atoms with E-state index in [4.69, 9.17) is 5.26 Å². The highest BCUT2D eigenvalue weighted by atomic mass is 16.2. The Hall–Kier alpha value is -1.57. The summed E-state index contributed by atoms with van der Waals surface area (Å²) in [7, 11) is 0. The van der Waals surface area contributed by atoms with Crippen LogP contribution >= 0.6 is 0 Å². The van der Waals surface area contributed by atoms with Gasteiger partial charge >= 0.3 is 0 Å². The summed E-state index contributed by atoms with van der Waals surface area (Å²) in [4.78, 5) is 24.2. The molecule has 2 amide bonds. The second-order valence-corrected chi connectivity index (χ2v) is 6.20. The van der Waals surface area contributed by atoms with Crippen LogP contribution in [-0.4, -0.2) is 32.9 Å². The minimum atomic E-state index is -1.20. The van der Waals surface area contributed by atoms with Crippen molar-refractivity contribution in [1.29, 1.82) is 5.26 Å². The van der Waals surface area contributed by atoms with E-state index in [1.807, 2.05) is 41.5 Å². The van der Waals surface area contributed by atoms with Gasteiger partial charge in [0.25, 0.3) is 11.8 Å². The average Bonchev–Trinajstić information content (AvgIpc) is 2.35. The van der Waals surface area contributed by atoms with E-state index in [0.717, 1.165) is 0 Å². The molecular weight excluding hydrogens is 218 g/mol. The Morgan fingerprint density at radius 2 is 1.24 bits per heavy atom. The molecule has 1 fully saturated rings. The van der Waals surface area contributed by atoms with Gasteiger partial charge in [-0.15, -0.1) is 0 Å². The van der Waals surface area contributed by atoms with E-state index in [1.54, 1.807) is 6.07 Å². The van der Waals surface area contributed by atoms with E-state index in [1.165, 1.54) is 10.0 Å². The van der Waals surface area contributed by atoms with Gasteiger partial charge in [0.05, 0.1) is 17.1 Å². The molecule has 17 heavy (non-hydrogen) atoms. The van der Waals surface area contributed by atoms with Gasteiger partial charge in [-0.3, -0.25) is 9.59 Å². The highest BCUT2D eigenvalue weighted by molar-refractivity contribution is 6.08. The van der Waals surface area contributed by atoms with Crippen molar-refractivity contribution >= 4 is 11.8 Å². The molecule has 0 bridgehead atoms. The van der Waals surface area contributed by atoms with E-state index in [9.17, 15) is 9.59 Å². The number of carbonyl (C=O) groups excluding carboxylic acids is 2. The van der Waals surface area contributed by atoms with Crippen LogP contribution in [0.2, 0.25) is 0 Å². The first-order valence-electron chi connectivity index (χ1n) is 5.59. The Morgan fingerprint density at radius 1 is 0.941 bits per heavy atom. The van der Waals surface area contributed by atoms with Gasteiger partial charge in [-0.2, -0.15) is 5.26 Å². The smallest absolute Gasteiger partial charge is 0.268 e. The van der Waals surface area contributed by atoms with Crippen molar-refractivity contribution in [2.45, 2.75) is 52.6 Å². The zero-order valence-electron chi connectivity index (χ0n) is 11.2. The summed E-state index contributed by atoms with van der Waals surface area (Å²) in [6, 6.07) is 1.79. The maximum absolute atomic E-state index is 12.1. The predicted molar refractivity (Wildman–Crippen MR) is 62.3 cm³/mol. The molecule has 0 spiro atoms. The van der Waals surface area contributed by atoms with Crippen LogP contribution in [0.4, 0.5) is 0 Å². The molecule has 0 N–H and O–H groups in total. The molecule has 0 unspecified atom stereocenters. The summed E-state index contributed by atoms with van der Waals surface area (Å²) in [6.07, 6.45) is 0. The maximum Gasteiger partial charge on any atom is 0.268 e. The minimum absolute atomic E-state index is 0.431. The van der Waals surface area contributed by atoms with Crippen molar-refractivity contribution in [3.05, 3.63) is 0 Å². The maximum atomic E-state index is 12.1. The topological polar surface area (TPSA) is 64.4 Å². The van der Waals surface area contributed by atoms with Crippen molar-refractivity contribution < 1.29 is 9.59 Å². The molecule has 1 aliphatic rings. The van der Waals surface area contributed by atoms with Crippen LogP contribution in [0.3, 0.4) is 0 Å².